The number of rotatable bonds is 4. The van der Waals surface area contributed by atoms with Crippen molar-refractivity contribution in [1.29, 1.82) is 0 Å². The average molecular weight is 284 g/mol. The minimum Gasteiger partial charge on any atom is -0.367 e. The summed E-state index contributed by atoms with van der Waals surface area (Å²) in [5, 5.41) is 3.56. The summed E-state index contributed by atoms with van der Waals surface area (Å²) in [7, 11) is 0. The minimum atomic E-state index is -0.176. The second-order valence-corrected chi connectivity index (χ2v) is 5.51. The van der Waals surface area contributed by atoms with E-state index in [9.17, 15) is 4.39 Å². The Bertz CT molecular complexity index is 594. The Labute approximate surface area is 125 Å². The summed E-state index contributed by atoms with van der Waals surface area (Å²) in [4.78, 5) is 2.39. The molecule has 0 spiro atoms. The van der Waals surface area contributed by atoms with Gasteiger partial charge in [-0.2, -0.15) is 0 Å². The molecule has 1 aliphatic heterocycles. The molecule has 2 aromatic rings. The van der Waals surface area contributed by atoms with Gasteiger partial charge in [-0.25, -0.2) is 4.39 Å². The van der Waals surface area contributed by atoms with Crippen LogP contribution in [0.25, 0.3) is 0 Å². The fraction of sp³-hybridized carbons (Fsp3) is 0.333. The van der Waals surface area contributed by atoms with Crippen molar-refractivity contribution < 1.29 is 4.39 Å². The number of anilines is 1. The number of hydrogen-bond donors (Lipinski definition) is 1. The molecule has 2 aromatic carbocycles. The molecule has 0 aromatic heterocycles. The van der Waals surface area contributed by atoms with Gasteiger partial charge in [0.1, 0.15) is 5.82 Å². The molecule has 0 saturated carbocycles. The molecule has 3 rings (SSSR count). The van der Waals surface area contributed by atoms with Gasteiger partial charge in [-0.05, 0) is 42.3 Å². The average Bonchev–Trinajstić information content (AvgIpc) is 2.52. The maximum absolute atomic E-state index is 13.0. The van der Waals surface area contributed by atoms with Crippen LogP contribution in [0.4, 0.5) is 10.1 Å². The number of hydrogen-bond acceptors (Lipinski definition) is 2. The monoisotopic (exact) mass is 284 g/mol. The van der Waals surface area contributed by atoms with Crippen LogP contribution < -0.4 is 10.2 Å². The number of nitrogens with one attached hydrogen (secondary N) is 1. The van der Waals surface area contributed by atoms with E-state index < -0.39 is 0 Å². The normalized spacial score (nSPS) is 17.6. The first-order valence-corrected chi connectivity index (χ1v) is 7.59. The maximum Gasteiger partial charge on any atom is 0.123 e. The van der Waals surface area contributed by atoms with Crippen molar-refractivity contribution in [3.05, 3.63) is 65.5 Å². The molecule has 2 nitrogen and oxygen atoms in total. The Hall–Kier alpha value is -1.87. The molecule has 1 N–H and O–H groups in total. The second-order valence-electron chi connectivity index (χ2n) is 5.51. The molecular weight excluding hydrogens is 263 g/mol. The van der Waals surface area contributed by atoms with Crippen molar-refractivity contribution in [2.24, 2.45) is 0 Å². The van der Waals surface area contributed by atoms with Crippen LogP contribution in [0.1, 0.15) is 30.5 Å². The van der Waals surface area contributed by atoms with E-state index in [0.717, 1.165) is 31.6 Å². The van der Waals surface area contributed by atoms with Crippen molar-refractivity contribution in [2.75, 3.05) is 18.0 Å². The van der Waals surface area contributed by atoms with Crippen LogP contribution in [0.5, 0.6) is 0 Å². The van der Waals surface area contributed by atoms with Crippen molar-refractivity contribution in [2.45, 2.75) is 25.9 Å². The highest BCUT2D eigenvalue weighted by Gasteiger charge is 2.23. The number of nitrogens with zero attached hydrogens (tertiary/aromatic N) is 1. The molecule has 1 atom stereocenters. The molecule has 0 amide bonds. The first-order chi connectivity index (χ1) is 10.3. The second kappa shape index (κ2) is 6.27. The van der Waals surface area contributed by atoms with Crippen molar-refractivity contribution in [3.63, 3.8) is 0 Å². The van der Waals surface area contributed by atoms with Crippen LogP contribution in [-0.4, -0.2) is 13.1 Å². The van der Waals surface area contributed by atoms with Gasteiger partial charge in [-0.1, -0.05) is 37.3 Å². The van der Waals surface area contributed by atoms with Crippen LogP contribution in [0.2, 0.25) is 0 Å². The smallest absolute Gasteiger partial charge is 0.123 e. The van der Waals surface area contributed by atoms with Crippen LogP contribution in [0.3, 0.4) is 0 Å². The predicted octanol–water partition coefficient (Wildman–Crippen LogP) is 3.89. The van der Waals surface area contributed by atoms with Gasteiger partial charge in [-0.3, -0.25) is 0 Å². The van der Waals surface area contributed by atoms with E-state index in [1.54, 1.807) is 0 Å². The summed E-state index contributed by atoms with van der Waals surface area (Å²) in [6.07, 6.45) is 1.10. The summed E-state index contributed by atoms with van der Waals surface area (Å²) in [5.74, 6) is -0.176. The molecule has 1 aliphatic rings. The molecule has 1 heterocycles. The summed E-state index contributed by atoms with van der Waals surface area (Å²) in [5.41, 5.74) is 3.81. The van der Waals surface area contributed by atoms with Crippen LogP contribution in [0, 0.1) is 5.82 Å². The standard InChI is InChI=1S/C18H21FN2/c1-2-20-17-11-12-21(18-6-4-3-5-16(17)18)13-14-7-9-15(19)10-8-14/h3-10,17,20H,2,11-13H2,1H3. The number of benzene rings is 2. The zero-order valence-corrected chi connectivity index (χ0v) is 12.3. The molecule has 1 unspecified atom stereocenters. The molecule has 0 bridgehead atoms. The Morgan fingerprint density at radius 2 is 1.90 bits per heavy atom. The zero-order valence-electron chi connectivity index (χ0n) is 12.3. The molecule has 3 heteroatoms. The highest BCUT2D eigenvalue weighted by Crippen LogP contribution is 2.34. The quantitative estimate of drug-likeness (QED) is 0.916. The van der Waals surface area contributed by atoms with E-state index in [4.69, 9.17) is 0 Å². The predicted molar refractivity (Wildman–Crippen MR) is 84.9 cm³/mol. The van der Waals surface area contributed by atoms with Gasteiger partial charge in [0.2, 0.25) is 0 Å². The molecule has 21 heavy (non-hydrogen) atoms. The molecule has 0 saturated heterocycles. The lowest BCUT2D eigenvalue weighted by Crippen LogP contribution is -2.35. The van der Waals surface area contributed by atoms with Gasteiger partial charge < -0.3 is 10.2 Å². The fourth-order valence-electron chi connectivity index (χ4n) is 3.06. The Balaban J connectivity index is 1.83. The van der Waals surface area contributed by atoms with Gasteiger partial charge >= 0.3 is 0 Å². The number of halogens is 1. The Kier molecular flexibility index (Phi) is 4.20. The molecule has 0 fully saturated rings. The zero-order chi connectivity index (χ0) is 14.7. The Morgan fingerprint density at radius 3 is 2.67 bits per heavy atom. The summed E-state index contributed by atoms with van der Waals surface area (Å²) in [6, 6.07) is 15.8. The lowest BCUT2D eigenvalue weighted by atomic mass is 9.96. The van der Waals surface area contributed by atoms with Crippen LogP contribution >= 0.6 is 0 Å². The van der Waals surface area contributed by atoms with Gasteiger partial charge in [0.25, 0.3) is 0 Å². The first kappa shape index (κ1) is 14.1. The lowest BCUT2D eigenvalue weighted by Gasteiger charge is -2.36. The molecule has 0 radical (unpaired) electrons. The van der Waals surface area contributed by atoms with Crippen molar-refractivity contribution in [3.8, 4) is 0 Å². The summed E-state index contributed by atoms with van der Waals surface area (Å²) >= 11 is 0. The summed E-state index contributed by atoms with van der Waals surface area (Å²) < 4.78 is 13.0. The molecule has 0 aliphatic carbocycles. The van der Waals surface area contributed by atoms with E-state index in [-0.39, 0.29) is 5.82 Å². The third-order valence-electron chi connectivity index (χ3n) is 4.08. The third kappa shape index (κ3) is 3.08. The van der Waals surface area contributed by atoms with E-state index in [1.807, 2.05) is 12.1 Å². The van der Waals surface area contributed by atoms with Gasteiger partial charge in [-0.15, -0.1) is 0 Å². The number of fused-ring (bicyclic) bond motifs is 1. The molecule has 110 valence electrons. The highest BCUT2D eigenvalue weighted by molar-refractivity contribution is 5.57. The van der Waals surface area contributed by atoms with Gasteiger partial charge in [0.15, 0.2) is 0 Å². The fourth-order valence-corrected chi connectivity index (χ4v) is 3.06. The van der Waals surface area contributed by atoms with Crippen molar-refractivity contribution in [1.82, 2.24) is 5.32 Å². The van der Waals surface area contributed by atoms with Crippen molar-refractivity contribution >= 4 is 5.69 Å². The van der Waals surface area contributed by atoms with Crippen LogP contribution in [0.15, 0.2) is 48.5 Å². The molecular formula is C18H21FN2. The Morgan fingerprint density at radius 1 is 1.14 bits per heavy atom. The van der Waals surface area contributed by atoms with Crippen LogP contribution in [-0.2, 0) is 6.54 Å². The van der Waals surface area contributed by atoms with Gasteiger partial charge in [0, 0.05) is 24.8 Å². The summed E-state index contributed by atoms with van der Waals surface area (Å²) in [6.45, 7) is 4.98. The van der Waals surface area contributed by atoms with Gasteiger partial charge in [0.05, 0.1) is 0 Å². The largest absolute Gasteiger partial charge is 0.367 e. The van der Waals surface area contributed by atoms with E-state index >= 15 is 0 Å². The van der Waals surface area contributed by atoms with E-state index in [1.165, 1.54) is 23.4 Å². The minimum absolute atomic E-state index is 0.176. The topological polar surface area (TPSA) is 15.3 Å². The third-order valence-corrected chi connectivity index (χ3v) is 4.08. The maximum atomic E-state index is 13.0. The SMILES string of the molecule is CCNC1CCN(Cc2ccc(F)cc2)c2ccccc21. The lowest BCUT2D eigenvalue weighted by molar-refractivity contribution is 0.489. The number of para-hydroxylation sites is 1. The van der Waals surface area contributed by atoms with E-state index in [0.29, 0.717) is 6.04 Å². The first-order valence-electron chi connectivity index (χ1n) is 7.59. The van der Waals surface area contributed by atoms with E-state index in [2.05, 4.69) is 41.4 Å². The highest BCUT2D eigenvalue weighted by atomic mass is 19.1.